The number of anilines is 1. The standard InChI is InChI=1S/C20H19N3O5S/c1-14(18-11-6-12-28-18)21-22-20(24)15-7-5-8-16(13-15)29(25,26)23-17-9-3-4-10-19(17)27-2/h3-13,21,23H,1H2,2H3,(H,22,24). The van der Waals surface area contributed by atoms with E-state index < -0.39 is 15.9 Å². The van der Waals surface area contributed by atoms with Gasteiger partial charge < -0.3 is 9.15 Å². The molecule has 0 fully saturated rings. The van der Waals surface area contributed by atoms with Crippen LogP contribution in [0.25, 0.3) is 5.70 Å². The van der Waals surface area contributed by atoms with Crippen molar-refractivity contribution in [1.82, 2.24) is 10.9 Å². The van der Waals surface area contributed by atoms with E-state index in [-0.39, 0.29) is 10.5 Å². The summed E-state index contributed by atoms with van der Waals surface area (Å²) in [6.07, 6.45) is 1.48. The molecule has 3 rings (SSSR count). The third-order valence-electron chi connectivity index (χ3n) is 3.90. The lowest BCUT2D eigenvalue weighted by Crippen LogP contribution is -2.35. The van der Waals surface area contributed by atoms with E-state index in [4.69, 9.17) is 9.15 Å². The molecule has 9 heteroatoms. The molecule has 3 aromatic rings. The molecule has 150 valence electrons. The molecule has 0 aliphatic heterocycles. The first kappa shape index (κ1) is 20.0. The molecule has 0 atom stereocenters. The summed E-state index contributed by atoms with van der Waals surface area (Å²) >= 11 is 0. The zero-order valence-corrected chi connectivity index (χ0v) is 16.3. The summed E-state index contributed by atoms with van der Waals surface area (Å²) in [7, 11) is -2.49. The first-order valence-corrected chi connectivity index (χ1v) is 9.94. The minimum atomic E-state index is -3.93. The van der Waals surface area contributed by atoms with Crippen LogP contribution in [0.4, 0.5) is 5.69 Å². The number of rotatable bonds is 8. The molecule has 1 heterocycles. The van der Waals surface area contributed by atoms with Gasteiger partial charge in [0.05, 0.1) is 29.7 Å². The van der Waals surface area contributed by atoms with E-state index in [1.807, 2.05) is 0 Å². The van der Waals surface area contributed by atoms with Crippen LogP contribution in [0.15, 0.2) is 82.8 Å². The molecule has 1 amide bonds. The molecule has 0 bridgehead atoms. The van der Waals surface area contributed by atoms with Crippen LogP contribution in [0, 0.1) is 0 Å². The molecule has 0 saturated heterocycles. The maximum absolute atomic E-state index is 12.7. The van der Waals surface area contributed by atoms with Gasteiger partial charge in [-0.15, -0.1) is 0 Å². The second-order valence-electron chi connectivity index (χ2n) is 5.87. The van der Waals surface area contributed by atoms with Crippen molar-refractivity contribution in [1.29, 1.82) is 0 Å². The van der Waals surface area contributed by atoms with Crippen LogP contribution in [0.2, 0.25) is 0 Å². The average Bonchev–Trinajstić information content (AvgIpc) is 3.27. The Morgan fingerprint density at radius 3 is 2.55 bits per heavy atom. The molecule has 8 nitrogen and oxygen atoms in total. The van der Waals surface area contributed by atoms with Crippen LogP contribution in [0.5, 0.6) is 5.75 Å². The largest absolute Gasteiger partial charge is 0.495 e. The first-order chi connectivity index (χ1) is 13.9. The molecule has 29 heavy (non-hydrogen) atoms. The number of methoxy groups -OCH3 is 1. The van der Waals surface area contributed by atoms with Crippen molar-refractivity contribution in [3.8, 4) is 5.75 Å². The van der Waals surface area contributed by atoms with Crippen molar-refractivity contribution >= 4 is 27.3 Å². The smallest absolute Gasteiger partial charge is 0.269 e. The molecule has 2 aromatic carbocycles. The van der Waals surface area contributed by atoms with Crippen molar-refractivity contribution in [3.05, 3.63) is 84.8 Å². The Morgan fingerprint density at radius 2 is 1.83 bits per heavy atom. The number of sulfonamides is 1. The minimum absolute atomic E-state index is 0.0686. The van der Waals surface area contributed by atoms with Gasteiger partial charge in [-0.25, -0.2) is 8.42 Å². The van der Waals surface area contributed by atoms with Crippen LogP contribution < -0.4 is 20.3 Å². The number of ether oxygens (including phenoxy) is 1. The fraction of sp³-hybridized carbons (Fsp3) is 0.0500. The van der Waals surface area contributed by atoms with E-state index in [0.717, 1.165) is 0 Å². The molecular formula is C20H19N3O5S. The summed E-state index contributed by atoms with van der Waals surface area (Å²) in [6, 6.07) is 15.6. The van der Waals surface area contributed by atoms with E-state index >= 15 is 0 Å². The van der Waals surface area contributed by atoms with Gasteiger partial charge in [0.15, 0.2) is 5.76 Å². The maximum atomic E-state index is 12.7. The van der Waals surface area contributed by atoms with Gasteiger partial charge in [-0.05, 0) is 42.5 Å². The van der Waals surface area contributed by atoms with Crippen LogP contribution in [0.3, 0.4) is 0 Å². The Labute approximate surface area is 168 Å². The Balaban J connectivity index is 1.74. The number of benzene rings is 2. The van der Waals surface area contributed by atoms with Gasteiger partial charge >= 0.3 is 0 Å². The molecule has 0 unspecified atom stereocenters. The third kappa shape index (κ3) is 4.77. The van der Waals surface area contributed by atoms with Crippen molar-refractivity contribution in [2.24, 2.45) is 0 Å². The Morgan fingerprint density at radius 1 is 1.03 bits per heavy atom. The maximum Gasteiger partial charge on any atom is 0.269 e. The van der Waals surface area contributed by atoms with Crippen LogP contribution in [0.1, 0.15) is 16.1 Å². The van der Waals surface area contributed by atoms with Gasteiger partial charge in [0.2, 0.25) is 0 Å². The quantitative estimate of drug-likeness (QED) is 0.490. The predicted octanol–water partition coefficient (Wildman–Crippen LogP) is 2.99. The topological polar surface area (TPSA) is 110 Å². The van der Waals surface area contributed by atoms with Crippen LogP contribution >= 0.6 is 0 Å². The van der Waals surface area contributed by atoms with Crippen LogP contribution in [-0.2, 0) is 10.0 Å². The second kappa shape index (κ2) is 8.53. The van der Waals surface area contributed by atoms with E-state index in [2.05, 4.69) is 22.2 Å². The lowest BCUT2D eigenvalue weighted by Gasteiger charge is -2.13. The van der Waals surface area contributed by atoms with Crippen molar-refractivity contribution in [2.75, 3.05) is 11.8 Å². The number of amides is 1. The molecule has 3 N–H and O–H groups in total. The summed E-state index contributed by atoms with van der Waals surface area (Å²) in [5.74, 6) is 0.306. The van der Waals surface area contributed by atoms with Crippen molar-refractivity contribution < 1.29 is 22.4 Å². The molecule has 0 spiro atoms. The van der Waals surface area contributed by atoms with Gasteiger partial charge in [0, 0.05) is 5.56 Å². The molecule has 0 aliphatic rings. The van der Waals surface area contributed by atoms with E-state index in [1.54, 1.807) is 36.4 Å². The Hall–Kier alpha value is -3.72. The average molecular weight is 413 g/mol. The third-order valence-corrected chi connectivity index (χ3v) is 5.27. The second-order valence-corrected chi connectivity index (χ2v) is 7.55. The van der Waals surface area contributed by atoms with Crippen molar-refractivity contribution in [3.63, 3.8) is 0 Å². The number of hydrazine groups is 1. The summed E-state index contributed by atoms with van der Waals surface area (Å²) in [6.45, 7) is 3.75. The van der Waals surface area contributed by atoms with Gasteiger partial charge in [-0.1, -0.05) is 24.8 Å². The van der Waals surface area contributed by atoms with Gasteiger partial charge in [-0.2, -0.15) is 0 Å². The zero-order chi connectivity index (χ0) is 20.9. The summed E-state index contributed by atoms with van der Waals surface area (Å²) < 4.78 is 38.2. The lowest BCUT2D eigenvalue weighted by atomic mass is 10.2. The number of para-hydroxylation sites is 2. The summed E-state index contributed by atoms with van der Waals surface area (Å²) in [5, 5.41) is 0. The Bertz CT molecular complexity index is 1120. The monoisotopic (exact) mass is 413 g/mol. The summed E-state index contributed by atoms with van der Waals surface area (Å²) in [4.78, 5) is 12.3. The Kier molecular flexibility index (Phi) is 5.89. The SMILES string of the molecule is C=C(NNC(=O)c1cccc(S(=O)(=O)Nc2ccccc2OC)c1)c1ccco1. The highest BCUT2D eigenvalue weighted by Crippen LogP contribution is 2.26. The van der Waals surface area contributed by atoms with E-state index in [0.29, 0.717) is 22.9 Å². The van der Waals surface area contributed by atoms with Gasteiger partial charge in [0.25, 0.3) is 15.9 Å². The fourth-order valence-corrected chi connectivity index (χ4v) is 3.57. The highest BCUT2D eigenvalue weighted by Gasteiger charge is 2.18. The van der Waals surface area contributed by atoms with Crippen LogP contribution in [-0.4, -0.2) is 21.4 Å². The number of carbonyl (C=O) groups is 1. The number of furan rings is 1. The van der Waals surface area contributed by atoms with E-state index in [9.17, 15) is 13.2 Å². The first-order valence-electron chi connectivity index (χ1n) is 8.46. The highest BCUT2D eigenvalue weighted by molar-refractivity contribution is 7.92. The number of hydrogen-bond acceptors (Lipinski definition) is 6. The predicted molar refractivity (Wildman–Crippen MR) is 109 cm³/mol. The normalized spacial score (nSPS) is 10.8. The molecule has 0 saturated carbocycles. The van der Waals surface area contributed by atoms with Crippen molar-refractivity contribution in [2.45, 2.75) is 4.90 Å². The summed E-state index contributed by atoms with van der Waals surface area (Å²) in [5.41, 5.74) is 5.87. The number of hydrogen-bond donors (Lipinski definition) is 3. The molecule has 1 aromatic heterocycles. The number of carbonyl (C=O) groups excluding carboxylic acids is 1. The zero-order valence-electron chi connectivity index (χ0n) is 15.5. The molecule has 0 aliphatic carbocycles. The minimum Gasteiger partial charge on any atom is -0.495 e. The fourth-order valence-electron chi connectivity index (χ4n) is 2.45. The van der Waals surface area contributed by atoms with Gasteiger partial charge in [-0.3, -0.25) is 20.4 Å². The van der Waals surface area contributed by atoms with E-state index in [1.165, 1.54) is 37.6 Å². The van der Waals surface area contributed by atoms with Gasteiger partial charge in [0.1, 0.15) is 5.75 Å². The number of nitrogens with one attached hydrogen (secondary N) is 3. The molecule has 0 radical (unpaired) electrons. The highest BCUT2D eigenvalue weighted by atomic mass is 32.2. The lowest BCUT2D eigenvalue weighted by molar-refractivity contribution is 0.0942. The molecular weight excluding hydrogens is 394 g/mol.